The number of benzene rings is 3. The number of carbonyl (C=O) groups excluding carboxylic acids is 3. The lowest BCUT2D eigenvalue weighted by molar-refractivity contribution is -0.118. The van der Waals surface area contributed by atoms with Gasteiger partial charge in [0.25, 0.3) is 5.91 Å². The van der Waals surface area contributed by atoms with E-state index in [1.54, 1.807) is 49.6 Å². The average molecular weight is 477 g/mol. The van der Waals surface area contributed by atoms with Gasteiger partial charge in [-0.25, -0.2) is 4.79 Å². The minimum Gasteiger partial charge on any atom is -0.497 e. The van der Waals surface area contributed by atoms with Crippen molar-refractivity contribution < 1.29 is 38.1 Å². The number of amides is 1. The summed E-state index contributed by atoms with van der Waals surface area (Å²) in [6.07, 6.45) is 0. The van der Waals surface area contributed by atoms with Crippen LogP contribution in [0.3, 0.4) is 0 Å². The molecule has 3 aromatic rings. The van der Waals surface area contributed by atoms with E-state index in [4.69, 9.17) is 23.7 Å². The van der Waals surface area contributed by atoms with Crippen molar-refractivity contribution in [3.8, 4) is 23.0 Å². The predicted molar refractivity (Wildman–Crippen MR) is 126 cm³/mol. The number of rotatable bonds is 9. The average Bonchev–Trinajstić information content (AvgIpc) is 2.90. The largest absolute Gasteiger partial charge is 0.497 e. The van der Waals surface area contributed by atoms with Crippen LogP contribution >= 0.6 is 0 Å². The maximum absolute atomic E-state index is 12.4. The van der Waals surface area contributed by atoms with Crippen molar-refractivity contribution in [2.75, 3.05) is 38.9 Å². The fourth-order valence-electron chi connectivity index (χ4n) is 3.25. The normalized spacial score (nSPS) is 11.8. The SMILES string of the molecule is COc1cccc(NC(=O)COc2ccc(C(=O)OCC(=O)c3ccc4c(c3)OCCO4)cc2)c1. The van der Waals surface area contributed by atoms with E-state index in [0.717, 1.165) is 0 Å². The lowest BCUT2D eigenvalue weighted by Gasteiger charge is -2.18. The highest BCUT2D eigenvalue weighted by molar-refractivity contribution is 6.00. The number of methoxy groups -OCH3 is 1. The third-order valence-corrected chi connectivity index (χ3v) is 5.01. The first kappa shape index (κ1) is 23.6. The maximum atomic E-state index is 12.4. The molecule has 1 N–H and O–H groups in total. The Morgan fingerprint density at radius 2 is 1.57 bits per heavy atom. The molecule has 0 spiro atoms. The molecule has 0 bridgehead atoms. The van der Waals surface area contributed by atoms with Gasteiger partial charge in [0.05, 0.1) is 12.7 Å². The number of fused-ring (bicyclic) bond motifs is 1. The molecule has 35 heavy (non-hydrogen) atoms. The molecule has 1 aliphatic heterocycles. The smallest absolute Gasteiger partial charge is 0.338 e. The number of nitrogens with one attached hydrogen (secondary N) is 1. The van der Waals surface area contributed by atoms with Crippen LogP contribution in [0.1, 0.15) is 20.7 Å². The Kier molecular flexibility index (Phi) is 7.47. The Morgan fingerprint density at radius 3 is 2.34 bits per heavy atom. The molecule has 0 saturated carbocycles. The zero-order valence-electron chi connectivity index (χ0n) is 18.9. The second kappa shape index (κ2) is 11.1. The fraction of sp³-hybridized carbons (Fsp3) is 0.192. The van der Waals surface area contributed by atoms with Crippen LogP contribution in [-0.2, 0) is 9.53 Å². The molecular formula is C26H23NO8. The Morgan fingerprint density at radius 1 is 0.829 bits per heavy atom. The van der Waals surface area contributed by atoms with Crippen molar-refractivity contribution in [3.63, 3.8) is 0 Å². The van der Waals surface area contributed by atoms with Gasteiger partial charge in [-0.15, -0.1) is 0 Å². The molecule has 3 aromatic carbocycles. The minimum absolute atomic E-state index is 0.217. The van der Waals surface area contributed by atoms with Crippen LogP contribution in [-0.4, -0.2) is 51.2 Å². The second-order valence-corrected chi connectivity index (χ2v) is 7.45. The van der Waals surface area contributed by atoms with E-state index in [2.05, 4.69) is 5.32 Å². The van der Waals surface area contributed by atoms with Crippen LogP contribution in [0, 0.1) is 0 Å². The van der Waals surface area contributed by atoms with Gasteiger partial charge in [0, 0.05) is 17.3 Å². The summed E-state index contributed by atoms with van der Waals surface area (Å²) in [5, 5.41) is 2.71. The van der Waals surface area contributed by atoms with Crippen molar-refractivity contribution in [3.05, 3.63) is 77.9 Å². The van der Waals surface area contributed by atoms with Gasteiger partial charge in [0.15, 0.2) is 30.5 Å². The van der Waals surface area contributed by atoms with Crippen molar-refractivity contribution in [2.45, 2.75) is 0 Å². The van der Waals surface area contributed by atoms with Gasteiger partial charge in [-0.1, -0.05) is 6.07 Å². The molecular weight excluding hydrogens is 454 g/mol. The molecule has 1 aliphatic rings. The second-order valence-electron chi connectivity index (χ2n) is 7.45. The summed E-state index contributed by atoms with van der Waals surface area (Å²) in [7, 11) is 1.54. The molecule has 1 heterocycles. The number of hydrogen-bond acceptors (Lipinski definition) is 8. The van der Waals surface area contributed by atoms with Crippen LogP contribution < -0.4 is 24.3 Å². The molecule has 0 aromatic heterocycles. The zero-order valence-corrected chi connectivity index (χ0v) is 18.9. The molecule has 0 aliphatic carbocycles. The molecule has 9 heteroatoms. The summed E-state index contributed by atoms with van der Waals surface area (Å²) in [5.74, 6) is 0.717. The first-order chi connectivity index (χ1) is 17.0. The highest BCUT2D eigenvalue weighted by Gasteiger charge is 2.17. The van der Waals surface area contributed by atoms with Crippen LogP contribution in [0.4, 0.5) is 5.69 Å². The van der Waals surface area contributed by atoms with E-state index in [1.807, 2.05) is 0 Å². The zero-order chi connectivity index (χ0) is 24.6. The Bertz CT molecular complexity index is 1220. The quantitative estimate of drug-likeness (QED) is 0.368. The van der Waals surface area contributed by atoms with Crippen molar-refractivity contribution >= 4 is 23.3 Å². The lowest BCUT2D eigenvalue weighted by Crippen LogP contribution is -2.20. The standard InChI is InChI=1S/C26H23NO8/c1-31-21-4-2-3-19(14-21)27-25(29)16-34-20-8-5-17(6-9-20)26(30)35-15-22(28)18-7-10-23-24(13-18)33-12-11-32-23/h2-10,13-14H,11-12,15-16H2,1H3,(H,27,29). The third-order valence-electron chi connectivity index (χ3n) is 5.01. The Balaban J connectivity index is 1.24. The first-order valence-corrected chi connectivity index (χ1v) is 10.8. The highest BCUT2D eigenvalue weighted by atomic mass is 16.6. The number of Topliss-reactive ketones (excluding diaryl/α,β-unsaturated/α-hetero) is 1. The Labute approximate surface area is 201 Å². The van der Waals surface area contributed by atoms with Crippen LogP contribution in [0.2, 0.25) is 0 Å². The molecule has 0 atom stereocenters. The van der Waals surface area contributed by atoms with E-state index < -0.39 is 12.6 Å². The van der Waals surface area contributed by atoms with Crippen LogP contribution in [0.15, 0.2) is 66.7 Å². The summed E-state index contributed by atoms with van der Waals surface area (Å²) in [6.45, 7) is 0.233. The van der Waals surface area contributed by atoms with Gasteiger partial charge in [0.2, 0.25) is 0 Å². The van der Waals surface area contributed by atoms with Crippen molar-refractivity contribution in [1.29, 1.82) is 0 Å². The van der Waals surface area contributed by atoms with Gasteiger partial charge in [-0.2, -0.15) is 0 Å². The van der Waals surface area contributed by atoms with Gasteiger partial charge in [-0.05, 0) is 54.6 Å². The van der Waals surface area contributed by atoms with Crippen LogP contribution in [0.25, 0.3) is 0 Å². The van der Waals surface area contributed by atoms with Gasteiger partial charge in [-0.3, -0.25) is 9.59 Å². The molecule has 0 radical (unpaired) electrons. The first-order valence-electron chi connectivity index (χ1n) is 10.8. The predicted octanol–water partition coefficient (Wildman–Crippen LogP) is 3.52. The number of anilines is 1. The van der Waals surface area contributed by atoms with Gasteiger partial charge < -0.3 is 29.0 Å². The molecule has 0 saturated heterocycles. The summed E-state index contributed by atoms with van der Waals surface area (Å²) < 4.78 is 26.6. The Hall–Kier alpha value is -4.53. The fourth-order valence-corrected chi connectivity index (χ4v) is 3.25. The molecule has 0 unspecified atom stereocenters. The van der Waals surface area contributed by atoms with E-state index in [-0.39, 0.29) is 23.9 Å². The van der Waals surface area contributed by atoms with Crippen LogP contribution in [0.5, 0.6) is 23.0 Å². The van der Waals surface area contributed by atoms with E-state index in [1.165, 1.54) is 24.3 Å². The number of hydrogen-bond donors (Lipinski definition) is 1. The van der Waals surface area contributed by atoms with Gasteiger partial charge in [0.1, 0.15) is 24.7 Å². The molecule has 4 rings (SSSR count). The summed E-state index contributed by atoms with van der Waals surface area (Å²) in [4.78, 5) is 36.8. The number of ketones is 1. The number of ether oxygens (including phenoxy) is 5. The molecule has 9 nitrogen and oxygen atoms in total. The topological polar surface area (TPSA) is 109 Å². The minimum atomic E-state index is -0.654. The maximum Gasteiger partial charge on any atom is 0.338 e. The monoisotopic (exact) mass is 477 g/mol. The number of esters is 1. The third kappa shape index (κ3) is 6.29. The summed E-state index contributed by atoms with van der Waals surface area (Å²) >= 11 is 0. The van der Waals surface area contributed by atoms with E-state index in [0.29, 0.717) is 47.5 Å². The van der Waals surface area contributed by atoms with Crippen molar-refractivity contribution in [1.82, 2.24) is 0 Å². The lowest BCUT2D eigenvalue weighted by atomic mass is 10.1. The number of carbonyl (C=O) groups is 3. The molecule has 180 valence electrons. The summed E-state index contributed by atoms with van der Waals surface area (Å²) in [6, 6.07) is 17.8. The van der Waals surface area contributed by atoms with Gasteiger partial charge >= 0.3 is 5.97 Å². The summed E-state index contributed by atoms with van der Waals surface area (Å²) in [5.41, 5.74) is 1.19. The highest BCUT2D eigenvalue weighted by Crippen LogP contribution is 2.30. The molecule has 0 fully saturated rings. The van der Waals surface area contributed by atoms with Crippen molar-refractivity contribution in [2.24, 2.45) is 0 Å². The molecule has 1 amide bonds. The van der Waals surface area contributed by atoms with E-state index in [9.17, 15) is 14.4 Å². The van der Waals surface area contributed by atoms with E-state index >= 15 is 0 Å².